The third-order valence-corrected chi connectivity index (χ3v) is 4.85. The normalized spacial score (nSPS) is 28.3. The quantitative estimate of drug-likeness (QED) is 0.898. The van der Waals surface area contributed by atoms with E-state index in [0.717, 1.165) is 39.0 Å². The molecule has 0 bridgehead atoms. The van der Waals surface area contributed by atoms with Crippen LogP contribution in [0.1, 0.15) is 43.6 Å². The van der Waals surface area contributed by atoms with Crippen LogP contribution < -0.4 is 10.6 Å². The van der Waals surface area contributed by atoms with Crippen molar-refractivity contribution >= 4 is 6.03 Å². The maximum absolute atomic E-state index is 12.0. The molecule has 1 saturated carbocycles. The van der Waals surface area contributed by atoms with Crippen molar-refractivity contribution in [1.82, 2.24) is 10.6 Å². The number of nitrogens with one attached hydrogen (secondary N) is 2. The van der Waals surface area contributed by atoms with Crippen molar-refractivity contribution in [3.8, 4) is 0 Å². The summed E-state index contributed by atoms with van der Waals surface area (Å²) in [7, 11) is 0. The second-order valence-corrected chi connectivity index (χ2v) is 6.54. The summed E-state index contributed by atoms with van der Waals surface area (Å²) in [6, 6.07) is 10.9. The summed E-state index contributed by atoms with van der Waals surface area (Å²) >= 11 is 0. The van der Waals surface area contributed by atoms with Crippen LogP contribution in [0.5, 0.6) is 0 Å². The Morgan fingerprint density at radius 1 is 1.14 bits per heavy atom. The largest absolute Gasteiger partial charge is 0.381 e. The van der Waals surface area contributed by atoms with Gasteiger partial charge in [-0.25, -0.2) is 4.79 Å². The predicted octanol–water partition coefficient (Wildman–Crippen LogP) is 3.05. The van der Waals surface area contributed by atoms with Gasteiger partial charge in [-0.15, -0.1) is 0 Å². The summed E-state index contributed by atoms with van der Waals surface area (Å²) in [5, 5.41) is 6.11. The molecule has 0 radical (unpaired) electrons. The molecule has 1 atom stereocenters. The van der Waals surface area contributed by atoms with Gasteiger partial charge in [0.2, 0.25) is 0 Å². The number of hydrogen-bond acceptors (Lipinski definition) is 2. The number of rotatable bonds is 4. The highest BCUT2D eigenvalue weighted by atomic mass is 16.5. The minimum atomic E-state index is -0.0185. The molecule has 2 amide bonds. The third kappa shape index (κ3) is 4.23. The minimum absolute atomic E-state index is 0.0185. The molecular weight excluding hydrogens is 276 g/mol. The molecule has 0 spiro atoms. The zero-order valence-electron chi connectivity index (χ0n) is 13.1. The van der Waals surface area contributed by atoms with Gasteiger partial charge in [0, 0.05) is 25.8 Å². The molecule has 4 heteroatoms. The van der Waals surface area contributed by atoms with Crippen molar-refractivity contribution in [3.63, 3.8) is 0 Å². The molecule has 2 aliphatic rings. The van der Waals surface area contributed by atoms with Crippen molar-refractivity contribution in [1.29, 1.82) is 0 Å². The molecule has 1 aromatic rings. The van der Waals surface area contributed by atoms with Crippen molar-refractivity contribution in [2.45, 2.75) is 44.1 Å². The lowest BCUT2D eigenvalue weighted by Gasteiger charge is -2.36. The van der Waals surface area contributed by atoms with E-state index in [1.807, 2.05) is 0 Å². The predicted molar refractivity (Wildman–Crippen MR) is 86.9 cm³/mol. The lowest BCUT2D eigenvalue weighted by Crippen LogP contribution is -2.45. The van der Waals surface area contributed by atoms with Gasteiger partial charge < -0.3 is 15.4 Å². The van der Waals surface area contributed by atoms with E-state index in [1.165, 1.54) is 18.4 Å². The number of carbonyl (C=O) groups is 1. The SMILES string of the molecule is O=C(NCC1CC(c2ccccc2)C1)N[C@H]1CCCOCC1. The molecule has 1 aromatic carbocycles. The van der Waals surface area contributed by atoms with Gasteiger partial charge >= 0.3 is 6.03 Å². The van der Waals surface area contributed by atoms with Crippen LogP contribution in [0.15, 0.2) is 30.3 Å². The molecule has 0 unspecified atom stereocenters. The van der Waals surface area contributed by atoms with Gasteiger partial charge in [-0.1, -0.05) is 30.3 Å². The van der Waals surface area contributed by atoms with Crippen LogP contribution in [0.4, 0.5) is 4.79 Å². The molecule has 1 heterocycles. The molecule has 120 valence electrons. The lowest BCUT2D eigenvalue weighted by molar-refractivity contribution is 0.142. The van der Waals surface area contributed by atoms with Crippen LogP contribution in [0.2, 0.25) is 0 Å². The smallest absolute Gasteiger partial charge is 0.315 e. The van der Waals surface area contributed by atoms with Crippen LogP contribution in [-0.2, 0) is 4.74 Å². The van der Waals surface area contributed by atoms with E-state index in [1.54, 1.807) is 0 Å². The molecule has 3 rings (SSSR count). The minimum Gasteiger partial charge on any atom is -0.381 e. The monoisotopic (exact) mass is 302 g/mol. The maximum atomic E-state index is 12.0. The van der Waals surface area contributed by atoms with Crippen LogP contribution in [-0.4, -0.2) is 31.8 Å². The summed E-state index contributed by atoms with van der Waals surface area (Å²) in [5.74, 6) is 1.29. The van der Waals surface area contributed by atoms with Gasteiger partial charge in [0.05, 0.1) is 0 Å². The van der Waals surface area contributed by atoms with E-state index >= 15 is 0 Å². The first-order valence-electron chi connectivity index (χ1n) is 8.48. The Labute approximate surface area is 132 Å². The highest BCUT2D eigenvalue weighted by Crippen LogP contribution is 2.40. The Balaban J connectivity index is 1.33. The number of carbonyl (C=O) groups excluding carboxylic acids is 1. The van der Waals surface area contributed by atoms with E-state index in [9.17, 15) is 4.79 Å². The highest BCUT2D eigenvalue weighted by Gasteiger charge is 2.30. The lowest BCUT2D eigenvalue weighted by atomic mass is 9.71. The standard InChI is InChI=1S/C18H26N2O2/c21-18(20-17-7-4-9-22-10-8-17)19-13-14-11-16(12-14)15-5-2-1-3-6-15/h1-3,5-6,14,16-17H,4,7-13H2,(H2,19,20,21)/t14?,16?,17-/m0/s1. The van der Waals surface area contributed by atoms with Gasteiger partial charge in [0.25, 0.3) is 0 Å². The second kappa shape index (κ2) is 7.63. The molecule has 1 aliphatic carbocycles. The van der Waals surface area contributed by atoms with E-state index in [-0.39, 0.29) is 12.1 Å². The van der Waals surface area contributed by atoms with Gasteiger partial charge in [-0.05, 0) is 49.5 Å². The first-order chi connectivity index (χ1) is 10.8. The molecule has 1 saturated heterocycles. The molecular formula is C18H26N2O2. The van der Waals surface area contributed by atoms with Gasteiger partial charge in [0.1, 0.15) is 0 Å². The van der Waals surface area contributed by atoms with Crippen molar-refractivity contribution < 1.29 is 9.53 Å². The molecule has 22 heavy (non-hydrogen) atoms. The summed E-state index contributed by atoms with van der Waals surface area (Å²) in [4.78, 5) is 12.0. The summed E-state index contributed by atoms with van der Waals surface area (Å²) in [6.07, 6.45) is 5.34. The summed E-state index contributed by atoms with van der Waals surface area (Å²) < 4.78 is 5.41. The first kappa shape index (κ1) is 15.3. The van der Waals surface area contributed by atoms with Crippen molar-refractivity contribution in [3.05, 3.63) is 35.9 Å². The Morgan fingerprint density at radius 3 is 2.77 bits per heavy atom. The number of urea groups is 1. The van der Waals surface area contributed by atoms with E-state index in [2.05, 4.69) is 41.0 Å². The van der Waals surface area contributed by atoms with Crippen LogP contribution in [0.25, 0.3) is 0 Å². The zero-order chi connectivity index (χ0) is 15.2. The Hall–Kier alpha value is -1.55. The third-order valence-electron chi connectivity index (χ3n) is 4.85. The average Bonchev–Trinajstić information content (AvgIpc) is 2.75. The second-order valence-electron chi connectivity index (χ2n) is 6.54. The Bertz CT molecular complexity index is 463. The Morgan fingerprint density at radius 2 is 1.95 bits per heavy atom. The van der Waals surface area contributed by atoms with E-state index < -0.39 is 0 Å². The fourth-order valence-electron chi connectivity index (χ4n) is 3.42. The maximum Gasteiger partial charge on any atom is 0.315 e. The van der Waals surface area contributed by atoms with Crippen LogP contribution >= 0.6 is 0 Å². The fourth-order valence-corrected chi connectivity index (χ4v) is 3.42. The van der Waals surface area contributed by atoms with Gasteiger partial charge in [-0.3, -0.25) is 0 Å². The average molecular weight is 302 g/mol. The molecule has 2 fully saturated rings. The Kier molecular flexibility index (Phi) is 5.33. The summed E-state index contributed by atoms with van der Waals surface area (Å²) in [5.41, 5.74) is 1.43. The van der Waals surface area contributed by atoms with Crippen molar-refractivity contribution in [2.75, 3.05) is 19.8 Å². The van der Waals surface area contributed by atoms with Crippen LogP contribution in [0, 0.1) is 5.92 Å². The van der Waals surface area contributed by atoms with Gasteiger partial charge in [-0.2, -0.15) is 0 Å². The molecule has 4 nitrogen and oxygen atoms in total. The number of hydrogen-bond donors (Lipinski definition) is 2. The fraction of sp³-hybridized carbons (Fsp3) is 0.611. The summed E-state index contributed by atoms with van der Waals surface area (Å²) in [6.45, 7) is 2.37. The molecule has 2 N–H and O–H groups in total. The van der Waals surface area contributed by atoms with Gasteiger partial charge in [0.15, 0.2) is 0 Å². The number of ether oxygens (including phenoxy) is 1. The van der Waals surface area contributed by atoms with Crippen LogP contribution in [0.3, 0.4) is 0 Å². The van der Waals surface area contributed by atoms with Crippen molar-refractivity contribution in [2.24, 2.45) is 5.92 Å². The topological polar surface area (TPSA) is 50.4 Å². The number of amides is 2. The number of benzene rings is 1. The zero-order valence-corrected chi connectivity index (χ0v) is 13.1. The molecule has 1 aliphatic heterocycles. The molecule has 0 aromatic heterocycles. The van der Waals surface area contributed by atoms with E-state index in [0.29, 0.717) is 11.8 Å². The highest BCUT2D eigenvalue weighted by molar-refractivity contribution is 5.74. The first-order valence-corrected chi connectivity index (χ1v) is 8.48. The van der Waals surface area contributed by atoms with E-state index in [4.69, 9.17) is 4.74 Å².